The summed E-state index contributed by atoms with van der Waals surface area (Å²) in [7, 11) is -1.13. The fourth-order valence-corrected chi connectivity index (χ4v) is 2.59. The summed E-state index contributed by atoms with van der Waals surface area (Å²) >= 11 is 0. The van der Waals surface area contributed by atoms with E-state index in [1.165, 1.54) is 5.56 Å². The third kappa shape index (κ3) is 2.99. The van der Waals surface area contributed by atoms with Gasteiger partial charge in [-0.2, -0.15) is 0 Å². The second-order valence-corrected chi connectivity index (χ2v) is 4.44. The Labute approximate surface area is 91.4 Å². The molecule has 2 atom stereocenters. The van der Waals surface area contributed by atoms with E-state index in [2.05, 4.69) is 12.1 Å². The predicted molar refractivity (Wildman–Crippen MR) is 59.4 cm³/mol. The van der Waals surface area contributed by atoms with Gasteiger partial charge in [0.05, 0.1) is 19.3 Å². The van der Waals surface area contributed by atoms with Crippen LogP contribution in [0.25, 0.3) is 0 Å². The lowest BCUT2D eigenvalue weighted by Crippen LogP contribution is -2.12. The zero-order chi connectivity index (χ0) is 10.5. The summed E-state index contributed by atoms with van der Waals surface area (Å²) in [5.74, 6) is 0. The highest BCUT2D eigenvalue weighted by atomic mass is 31.2. The largest absolute Gasteiger partial charge is 0.333 e. The molecule has 2 rings (SSSR count). The van der Waals surface area contributed by atoms with Crippen LogP contribution in [0.4, 0.5) is 0 Å². The summed E-state index contributed by atoms with van der Waals surface area (Å²) in [6, 6.07) is 10.2. The molecule has 1 saturated heterocycles. The van der Waals surface area contributed by atoms with E-state index in [1.807, 2.05) is 25.1 Å². The van der Waals surface area contributed by atoms with Crippen LogP contribution in [0.3, 0.4) is 0 Å². The molecule has 3 nitrogen and oxygen atoms in total. The van der Waals surface area contributed by atoms with Gasteiger partial charge in [0.1, 0.15) is 0 Å². The Hall–Kier alpha value is -0.470. The second-order valence-electron chi connectivity index (χ2n) is 3.27. The first-order valence-corrected chi connectivity index (χ1v) is 6.27. The lowest BCUT2D eigenvalue weighted by Gasteiger charge is -2.28. The molecular formula is C11H15O3P. The average Bonchev–Trinajstić information content (AvgIpc) is 2.31. The Kier molecular flexibility index (Phi) is 4.09. The van der Waals surface area contributed by atoms with E-state index >= 15 is 0 Å². The van der Waals surface area contributed by atoms with Crippen LogP contribution in [-0.4, -0.2) is 13.2 Å². The number of benzene rings is 1. The highest BCUT2D eigenvalue weighted by Gasteiger charge is 2.25. The standard InChI is InChI=1S/C11H15O3P/c1-2-12-15-13-9-8-11(14-15)10-6-4-3-5-7-10/h3-7,11H,2,8-9H2,1H3. The summed E-state index contributed by atoms with van der Waals surface area (Å²) in [5, 5.41) is 0. The third-order valence-electron chi connectivity index (χ3n) is 2.20. The van der Waals surface area contributed by atoms with E-state index in [0.29, 0.717) is 13.2 Å². The van der Waals surface area contributed by atoms with Crippen LogP contribution in [0.5, 0.6) is 0 Å². The van der Waals surface area contributed by atoms with Crippen LogP contribution in [-0.2, 0) is 13.6 Å². The van der Waals surface area contributed by atoms with Gasteiger partial charge >= 0.3 is 8.60 Å². The molecule has 1 aromatic carbocycles. The van der Waals surface area contributed by atoms with Crippen molar-refractivity contribution in [2.24, 2.45) is 0 Å². The fourth-order valence-electron chi connectivity index (χ4n) is 1.49. The fraction of sp³-hybridized carbons (Fsp3) is 0.455. The van der Waals surface area contributed by atoms with Crippen molar-refractivity contribution in [3.63, 3.8) is 0 Å². The molecule has 0 aromatic heterocycles. The van der Waals surface area contributed by atoms with Crippen LogP contribution in [0.15, 0.2) is 30.3 Å². The van der Waals surface area contributed by atoms with Gasteiger partial charge in [0, 0.05) is 6.42 Å². The van der Waals surface area contributed by atoms with E-state index in [4.69, 9.17) is 13.6 Å². The molecule has 1 aliphatic heterocycles. The van der Waals surface area contributed by atoms with Crippen LogP contribution in [0.1, 0.15) is 25.0 Å². The lowest BCUT2D eigenvalue weighted by molar-refractivity contribution is 0.0635. The molecule has 0 amide bonds. The minimum atomic E-state index is -1.13. The van der Waals surface area contributed by atoms with Gasteiger partial charge in [-0.1, -0.05) is 30.3 Å². The summed E-state index contributed by atoms with van der Waals surface area (Å²) in [6.07, 6.45) is 1.02. The highest BCUT2D eigenvalue weighted by molar-refractivity contribution is 7.41. The first-order chi connectivity index (χ1) is 7.40. The number of hydrogen-bond donors (Lipinski definition) is 0. The van der Waals surface area contributed by atoms with Crippen molar-refractivity contribution in [3.05, 3.63) is 35.9 Å². The average molecular weight is 226 g/mol. The lowest BCUT2D eigenvalue weighted by atomic mass is 10.1. The topological polar surface area (TPSA) is 27.7 Å². The maximum absolute atomic E-state index is 5.73. The molecule has 1 aromatic rings. The van der Waals surface area contributed by atoms with E-state index in [-0.39, 0.29) is 6.10 Å². The molecule has 0 bridgehead atoms. The first-order valence-electron chi connectivity index (χ1n) is 5.18. The zero-order valence-electron chi connectivity index (χ0n) is 8.76. The van der Waals surface area contributed by atoms with E-state index in [0.717, 1.165) is 6.42 Å². The Balaban J connectivity index is 1.98. The van der Waals surface area contributed by atoms with Gasteiger partial charge in [-0.25, -0.2) is 0 Å². The Bertz CT molecular complexity index is 289. The number of rotatable bonds is 3. The molecule has 1 fully saturated rings. The third-order valence-corrected chi connectivity index (χ3v) is 3.48. The second kappa shape index (κ2) is 5.57. The molecule has 4 heteroatoms. The monoisotopic (exact) mass is 226 g/mol. The van der Waals surface area contributed by atoms with Crippen LogP contribution in [0, 0.1) is 0 Å². The molecule has 82 valence electrons. The quantitative estimate of drug-likeness (QED) is 0.739. The van der Waals surface area contributed by atoms with Gasteiger partial charge in [0.15, 0.2) is 0 Å². The van der Waals surface area contributed by atoms with Crippen molar-refractivity contribution in [1.29, 1.82) is 0 Å². The molecule has 0 saturated carbocycles. The Morgan fingerprint density at radius 3 is 2.93 bits per heavy atom. The van der Waals surface area contributed by atoms with Crippen LogP contribution in [0.2, 0.25) is 0 Å². The first kappa shape index (κ1) is 11.0. The van der Waals surface area contributed by atoms with Crippen LogP contribution < -0.4 is 0 Å². The molecular weight excluding hydrogens is 211 g/mol. The van der Waals surface area contributed by atoms with E-state index in [9.17, 15) is 0 Å². The molecule has 1 heterocycles. The normalized spacial score (nSPS) is 26.5. The zero-order valence-corrected chi connectivity index (χ0v) is 9.65. The summed E-state index contributed by atoms with van der Waals surface area (Å²) in [4.78, 5) is 0. The highest BCUT2D eigenvalue weighted by Crippen LogP contribution is 2.49. The summed E-state index contributed by atoms with van der Waals surface area (Å²) in [6.45, 7) is 3.29. The molecule has 0 spiro atoms. The maximum atomic E-state index is 5.73. The molecule has 15 heavy (non-hydrogen) atoms. The molecule has 0 radical (unpaired) electrons. The van der Waals surface area contributed by atoms with Gasteiger partial charge in [0.2, 0.25) is 0 Å². The number of hydrogen-bond acceptors (Lipinski definition) is 3. The van der Waals surface area contributed by atoms with Gasteiger partial charge in [-0.15, -0.1) is 0 Å². The van der Waals surface area contributed by atoms with Crippen molar-refractivity contribution in [2.75, 3.05) is 13.2 Å². The SMILES string of the molecule is CCOP1OCCC(c2ccccc2)O1. The molecule has 2 unspecified atom stereocenters. The van der Waals surface area contributed by atoms with Crippen molar-refractivity contribution in [3.8, 4) is 0 Å². The molecule has 1 aliphatic rings. The van der Waals surface area contributed by atoms with E-state index in [1.54, 1.807) is 0 Å². The van der Waals surface area contributed by atoms with Crippen molar-refractivity contribution in [2.45, 2.75) is 19.4 Å². The van der Waals surface area contributed by atoms with Gasteiger partial charge < -0.3 is 13.6 Å². The van der Waals surface area contributed by atoms with Crippen molar-refractivity contribution >= 4 is 8.60 Å². The van der Waals surface area contributed by atoms with Crippen molar-refractivity contribution < 1.29 is 13.6 Å². The summed E-state index contributed by atoms with van der Waals surface area (Å²) < 4.78 is 16.5. The predicted octanol–water partition coefficient (Wildman–Crippen LogP) is 3.43. The Morgan fingerprint density at radius 2 is 2.20 bits per heavy atom. The van der Waals surface area contributed by atoms with Gasteiger partial charge in [0.25, 0.3) is 0 Å². The molecule has 0 aliphatic carbocycles. The van der Waals surface area contributed by atoms with Gasteiger partial charge in [-0.05, 0) is 12.5 Å². The minimum absolute atomic E-state index is 0.123. The maximum Gasteiger partial charge on any atom is 0.333 e. The molecule has 0 N–H and O–H groups in total. The van der Waals surface area contributed by atoms with Crippen LogP contribution >= 0.6 is 8.60 Å². The van der Waals surface area contributed by atoms with Gasteiger partial charge in [-0.3, -0.25) is 0 Å². The van der Waals surface area contributed by atoms with E-state index < -0.39 is 8.60 Å². The summed E-state index contributed by atoms with van der Waals surface area (Å²) in [5.41, 5.74) is 1.20. The Morgan fingerprint density at radius 1 is 1.40 bits per heavy atom. The smallest absolute Gasteiger partial charge is 0.313 e. The minimum Gasteiger partial charge on any atom is -0.313 e. The van der Waals surface area contributed by atoms with Crippen molar-refractivity contribution in [1.82, 2.24) is 0 Å².